The van der Waals surface area contributed by atoms with Crippen LogP contribution in [0.1, 0.15) is 23.6 Å². The summed E-state index contributed by atoms with van der Waals surface area (Å²) in [6.45, 7) is 3.40. The van der Waals surface area contributed by atoms with Crippen LogP contribution < -0.4 is 5.32 Å². The van der Waals surface area contributed by atoms with Gasteiger partial charge in [0.05, 0.1) is 23.0 Å². The fourth-order valence-electron chi connectivity index (χ4n) is 1.64. The Kier molecular flexibility index (Phi) is 2.95. The molecule has 0 spiro atoms. The fraction of sp³-hybridized carbons (Fsp3) is 0.300. The molecule has 2 aromatic rings. The van der Waals surface area contributed by atoms with Crippen molar-refractivity contribution < 1.29 is 15.0 Å². The van der Waals surface area contributed by atoms with Crippen molar-refractivity contribution in [2.75, 3.05) is 5.32 Å². The number of aryl methyl sites for hydroxylation is 1. The Morgan fingerprint density at radius 3 is 2.88 bits per heavy atom. The van der Waals surface area contributed by atoms with E-state index in [1.54, 1.807) is 6.92 Å². The molecule has 0 saturated carbocycles. The lowest BCUT2D eigenvalue weighted by Crippen LogP contribution is -2.11. The number of carboxylic acid groups (broad SMARTS) is 1. The van der Waals surface area contributed by atoms with Crippen molar-refractivity contribution in [3.05, 3.63) is 16.8 Å². The molecular formula is C10H11N3O3S. The molecule has 7 heteroatoms. The summed E-state index contributed by atoms with van der Waals surface area (Å²) < 4.78 is 0. The van der Waals surface area contributed by atoms with E-state index in [0.717, 1.165) is 5.01 Å². The third kappa shape index (κ3) is 2.20. The highest BCUT2D eigenvalue weighted by atomic mass is 32.1. The van der Waals surface area contributed by atoms with Gasteiger partial charge in [-0.05, 0) is 13.8 Å². The highest BCUT2D eigenvalue weighted by molar-refractivity contribution is 7.18. The lowest BCUT2D eigenvalue weighted by molar-refractivity contribution is 0.200. The number of aliphatic hydroxyl groups excluding tert-OH is 1. The summed E-state index contributed by atoms with van der Waals surface area (Å²) >= 11 is 1.40. The predicted molar refractivity (Wildman–Crippen MR) is 64.4 cm³/mol. The smallest absolute Gasteiger partial charge is 0.409 e. The molecule has 0 aromatic carbocycles. The molecule has 90 valence electrons. The zero-order valence-electron chi connectivity index (χ0n) is 9.26. The Bertz CT molecular complexity index is 579. The number of fused-ring (bicyclic) bond motifs is 1. The number of carbonyl (C=O) groups is 1. The number of hydrogen-bond acceptors (Lipinski definition) is 5. The minimum atomic E-state index is -1.19. The van der Waals surface area contributed by atoms with Gasteiger partial charge in [0.15, 0.2) is 0 Å². The first-order valence-electron chi connectivity index (χ1n) is 4.93. The highest BCUT2D eigenvalue weighted by Gasteiger charge is 2.17. The van der Waals surface area contributed by atoms with E-state index < -0.39 is 12.2 Å². The quantitative estimate of drug-likeness (QED) is 0.762. The van der Waals surface area contributed by atoms with Crippen LogP contribution in [-0.2, 0) is 0 Å². The first-order chi connectivity index (χ1) is 7.99. The number of pyridine rings is 1. The van der Waals surface area contributed by atoms with Crippen LogP contribution in [-0.4, -0.2) is 26.3 Å². The maximum absolute atomic E-state index is 10.6. The van der Waals surface area contributed by atoms with E-state index in [-0.39, 0.29) is 5.69 Å². The molecule has 2 heterocycles. The number of nitrogens with zero attached hydrogens (tertiary/aromatic N) is 2. The number of amides is 1. The Balaban J connectivity index is 2.67. The Morgan fingerprint density at radius 2 is 2.29 bits per heavy atom. The van der Waals surface area contributed by atoms with Crippen LogP contribution in [0.2, 0.25) is 0 Å². The lowest BCUT2D eigenvalue weighted by Gasteiger charge is -2.11. The summed E-state index contributed by atoms with van der Waals surface area (Å²) in [4.78, 5) is 19.7. The van der Waals surface area contributed by atoms with Crippen molar-refractivity contribution in [3.63, 3.8) is 0 Å². The van der Waals surface area contributed by atoms with Gasteiger partial charge in [0.1, 0.15) is 10.3 Å². The molecule has 2 aromatic heterocycles. The molecule has 0 radical (unpaired) electrons. The molecule has 1 atom stereocenters. The van der Waals surface area contributed by atoms with E-state index in [1.165, 1.54) is 17.5 Å². The van der Waals surface area contributed by atoms with Crippen molar-refractivity contribution in [2.45, 2.75) is 20.0 Å². The van der Waals surface area contributed by atoms with Gasteiger partial charge in [0.2, 0.25) is 0 Å². The van der Waals surface area contributed by atoms with Crippen LogP contribution in [0.3, 0.4) is 0 Å². The molecule has 0 fully saturated rings. The van der Waals surface area contributed by atoms with Crippen LogP contribution in [0.4, 0.5) is 10.5 Å². The largest absolute Gasteiger partial charge is 0.465 e. The number of hydrogen-bond donors (Lipinski definition) is 3. The Hall–Kier alpha value is -1.73. The summed E-state index contributed by atoms with van der Waals surface area (Å²) in [5.41, 5.74) is 1.28. The first-order valence-corrected chi connectivity index (χ1v) is 5.74. The van der Waals surface area contributed by atoms with Gasteiger partial charge in [0.25, 0.3) is 0 Å². The fourth-order valence-corrected chi connectivity index (χ4v) is 2.41. The first kappa shape index (κ1) is 11.7. The number of rotatable bonds is 2. The second-order valence-electron chi connectivity index (χ2n) is 3.58. The van der Waals surface area contributed by atoms with Crippen molar-refractivity contribution in [2.24, 2.45) is 0 Å². The molecule has 0 aliphatic carbocycles. The van der Waals surface area contributed by atoms with Gasteiger partial charge in [-0.1, -0.05) is 11.3 Å². The number of aliphatic hydroxyl groups is 1. The molecule has 0 bridgehead atoms. The van der Waals surface area contributed by atoms with Gasteiger partial charge in [-0.2, -0.15) is 0 Å². The number of nitrogens with one attached hydrogen (secondary N) is 1. The van der Waals surface area contributed by atoms with E-state index >= 15 is 0 Å². The normalized spacial score (nSPS) is 12.6. The SMILES string of the molecule is Cc1nc2c(C(C)O)c(NC(=O)O)cnc2s1. The number of thiazole rings is 1. The molecule has 1 amide bonds. The zero-order valence-corrected chi connectivity index (χ0v) is 10.1. The average Bonchev–Trinajstić information content (AvgIpc) is 2.56. The maximum Gasteiger partial charge on any atom is 0.409 e. The van der Waals surface area contributed by atoms with E-state index in [1.807, 2.05) is 6.92 Å². The average molecular weight is 253 g/mol. The third-order valence-corrected chi connectivity index (χ3v) is 3.11. The van der Waals surface area contributed by atoms with E-state index in [2.05, 4.69) is 15.3 Å². The topological polar surface area (TPSA) is 95.3 Å². The van der Waals surface area contributed by atoms with Gasteiger partial charge >= 0.3 is 6.09 Å². The molecule has 0 aliphatic heterocycles. The van der Waals surface area contributed by atoms with Crippen LogP contribution in [0.15, 0.2) is 6.20 Å². The second-order valence-corrected chi connectivity index (χ2v) is 4.76. The summed E-state index contributed by atoms with van der Waals surface area (Å²) in [6, 6.07) is 0. The van der Waals surface area contributed by atoms with Crippen molar-refractivity contribution >= 4 is 33.5 Å². The predicted octanol–water partition coefficient (Wildman–Crippen LogP) is 2.14. The second kappa shape index (κ2) is 4.27. The molecule has 17 heavy (non-hydrogen) atoms. The molecule has 0 aliphatic rings. The van der Waals surface area contributed by atoms with Crippen molar-refractivity contribution in [1.82, 2.24) is 9.97 Å². The van der Waals surface area contributed by atoms with Gasteiger partial charge in [-0.15, -0.1) is 0 Å². The molecule has 1 unspecified atom stereocenters. The molecular weight excluding hydrogens is 242 g/mol. The Labute approximate surface area is 101 Å². The maximum atomic E-state index is 10.6. The van der Waals surface area contributed by atoms with Gasteiger partial charge in [0, 0.05) is 5.56 Å². The summed E-state index contributed by atoms with van der Waals surface area (Å²) in [5.74, 6) is 0. The summed E-state index contributed by atoms with van der Waals surface area (Å²) in [5, 5.41) is 21.5. The van der Waals surface area contributed by atoms with Crippen molar-refractivity contribution in [1.29, 1.82) is 0 Å². The van der Waals surface area contributed by atoms with Crippen LogP contribution in [0, 0.1) is 6.92 Å². The Morgan fingerprint density at radius 1 is 1.59 bits per heavy atom. The van der Waals surface area contributed by atoms with E-state index in [0.29, 0.717) is 15.9 Å². The standard InChI is InChI=1S/C10H11N3O3S/c1-4(14)7-6(13-10(15)16)3-11-9-8(7)12-5(2)17-9/h3-4,13-14H,1-2H3,(H,15,16). The van der Waals surface area contributed by atoms with Crippen LogP contribution >= 0.6 is 11.3 Å². The summed E-state index contributed by atoms with van der Waals surface area (Å²) in [6.07, 6.45) is -0.611. The van der Waals surface area contributed by atoms with Crippen molar-refractivity contribution in [3.8, 4) is 0 Å². The van der Waals surface area contributed by atoms with Gasteiger partial charge in [-0.3, -0.25) is 5.32 Å². The van der Waals surface area contributed by atoms with Crippen LogP contribution in [0.25, 0.3) is 10.3 Å². The lowest BCUT2D eigenvalue weighted by atomic mass is 10.1. The van der Waals surface area contributed by atoms with E-state index in [9.17, 15) is 9.90 Å². The number of anilines is 1. The van der Waals surface area contributed by atoms with Crippen LogP contribution in [0.5, 0.6) is 0 Å². The minimum absolute atomic E-state index is 0.269. The molecule has 3 N–H and O–H groups in total. The summed E-state index contributed by atoms with van der Waals surface area (Å²) in [7, 11) is 0. The van der Waals surface area contributed by atoms with Gasteiger partial charge < -0.3 is 10.2 Å². The van der Waals surface area contributed by atoms with Gasteiger partial charge in [-0.25, -0.2) is 14.8 Å². The molecule has 2 rings (SSSR count). The third-order valence-electron chi connectivity index (χ3n) is 2.23. The van der Waals surface area contributed by atoms with E-state index in [4.69, 9.17) is 5.11 Å². The monoisotopic (exact) mass is 253 g/mol. The molecule has 6 nitrogen and oxygen atoms in total. The number of aromatic nitrogens is 2. The highest BCUT2D eigenvalue weighted by Crippen LogP contribution is 2.32. The zero-order chi connectivity index (χ0) is 12.6. The minimum Gasteiger partial charge on any atom is -0.465 e. The molecule has 0 saturated heterocycles.